The van der Waals surface area contributed by atoms with Crippen molar-refractivity contribution in [3.8, 4) is 0 Å². The molecule has 1 aliphatic heterocycles. The van der Waals surface area contributed by atoms with Gasteiger partial charge in [0.2, 0.25) is 10.0 Å². The molecule has 0 amide bonds. The summed E-state index contributed by atoms with van der Waals surface area (Å²) in [6.07, 6.45) is 0. The molecule has 0 aromatic heterocycles. The molecule has 6 nitrogen and oxygen atoms in total. The van der Waals surface area contributed by atoms with Crippen LogP contribution in [0.15, 0.2) is 71.6 Å². The van der Waals surface area contributed by atoms with Gasteiger partial charge in [-0.05, 0) is 22.6 Å². The van der Waals surface area contributed by atoms with Gasteiger partial charge >= 0.3 is 0 Å². The lowest BCUT2D eigenvalue weighted by atomic mass is 9.84. The molecule has 1 saturated heterocycles. The van der Waals surface area contributed by atoms with Gasteiger partial charge in [-0.1, -0.05) is 81.4 Å². The van der Waals surface area contributed by atoms with Crippen molar-refractivity contribution >= 4 is 21.6 Å². The van der Waals surface area contributed by atoms with Gasteiger partial charge in [0.05, 0.1) is 10.5 Å². The summed E-state index contributed by atoms with van der Waals surface area (Å²) in [5.41, 5.74) is 3.28. The molecular formula is C29H30N2O4S. The average molecular weight is 503 g/mol. The minimum Gasteiger partial charge on any atom is -0.296 e. The maximum Gasteiger partial charge on any atom is 0.243 e. The Hall–Kier alpha value is -3.13. The van der Waals surface area contributed by atoms with Crippen LogP contribution in [-0.2, 0) is 22.0 Å². The van der Waals surface area contributed by atoms with Crippen molar-refractivity contribution in [2.75, 3.05) is 26.2 Å². The van der Waals surface area contributed by atoms with Crippen LogP contribution in [0.1, 0.15) is 63.7 Å². The van der Waals surface area contributed by atoms with Gasteiger partial charge in [0.25, 0.3) is 0 Å². The van der Waals surface area contributed by atoms with Crippen LogP contribution in [0.3, 0.4) is 0 Å². The van der Waals surface area contributed by atoms with E-state index in [2.05, 4.69) is 49.9 Å². The van der Waals surface area contributed by atoms with E-state index in [4.69, 9.17) is 0 Å². The first-order valence-corrected chi connectivity index (χ1v) is 13.6. The number of sulfonamides is 1. The van der Waals surface area contributed by atoms with Crippen LogP contribution in [0.25, 0.3) is 0 Å². The minimum atomic E-state index is -3.95. The van der Waals surface area contributed by atoms with Gasteiger partial charge < -0.3 is 0 Å². The molecule has 0 radical (unpaired) electrons. The third-order valence-electron chi connectivity index (χ3n) is 7.09. The van der Waals surface area contributed by atoms with Crippen LogP contribution in [0.4, 0.5) is 0 Å². The molecule has 0 unspecified atom stereocenters. The quantitative estimate of drug-likeness (QED) is 0.417. The normalized spacial score (nSPS) is 17.1. The Balaban J connectivity index is 1.34. The van der Waals surface area contributed by atoms with Crippen molar-refractivity contribution in [1.29, 1.82) is 0 Å². The molecule has 1 heterocycles. The van der Waals surface area contributed by atoms with Crippen LogP contribution >= 0.6 is 0 Å². The van der Waals surface area contributed by atoms with E-state index in [1.807, 2.05) is 0 Å². The van der Waals surface area contributed by atoms with Gasteiger partial charge in [0.1, 0.15) is 0 Å². The predicted molar refractivity (Wildman–Crippen MR) is 139 cm³/mol. The lowest BCUT2D eigenvalue weighted by molar-refractivity contribution is 0.0976. The summed E-state index contributed by atoms with van der Waals surface area (Å²) < 4.78 is 28.8. The number of carbonyl (C=O) groups excluding carboxylic acids is 2. The van der Waals surface area contributed by atoms with E-state index >= 15 is 0 Å². The fraction of sp³-hybridized carbons (Fsp3) is 0.310. The number of fused-ring (bicyclic) bond motifs is 2. The van der Waals surface area contributed by atoms with Crippen molar-refractivity contribution in [3.63, 3.8) is 0 Å². The molecule has 0 saturated carbocycles. The molecule has 1 fully saturated rings. The van der Waals surface area contributed by atoms with Crippen molar-refractivity contribution in [2.24, 2.45) is 0 Å². The van der Waals surface area contributed by atoms with Crippen LogP contribution in [-0.4, -0.2) is 55.4 Å². The topological polar surface area (TPSA) is 74.8 Å². The zero-order valence-corrected chi connectivity index (χ0v) is 21.6. The van der Waals surface area contributed by atoms with Crippen molar-refractivity contribution in [2.45, 2.75) is 37.6 Å². The number of ketones is 2. The molecule has 0 bridgehead atoms. The third kappa shape index (κ3) is 4.32. The maximum absolute atomic E-state index is 13.7. The fourth-order valence-electron chi connectivity index (χ4n) is 4.96. The van der Waals surface area contributed by atoms with E-state index < -0.39 is 15.8 Å². The Bertz CT molecular complexity index is 1450. The smallest absolute Gasteiger partial charge is 0.243 e. The number of piperazine rings is 1. The second kappa shape index (κ2) is 9.07. The maximum atomic E-state index is 13.7. The highest BCUT2D eigenvalue weighted by Crippen LogP contribution is 2.33. The highest BCUT2D eigenvalue weighted by Gasteiger charge is 2.37. The molecule has 3 aromatic rings. The second-order valence-corrected chi connectivity index (χ2v) is 12.4. The zero-order valence-electron chi connectivity index (χ0n) is 20.8. The van der Waals surface area contributed by atoms with Gasteiger partial charge in [-0.25, -0.2) is 8.42 Å². The summed E-state index contributed by atoms with van der Waals surface area (Å²) in [5, 5.41) is 0. The molecule has 1 aliphatic carbocycles. The Morgan fingerprint density at radius 3 is 1.92 bits per heavy atom. The Morgan fingerprint density at radius 1 is 0.722 bits per heavy atom. The Labute approximate surface area is 212 Å². The summed E-state index contributed by atoms with van der Waals surface area (Å²) in [5.74, 6) is -0.740. The van der Waals surface area contributed by atoms with Gasteiger partial charge in [0.15, 0.2) is 11.6 Å². The first kappa shape index (κ1) is 24.6. The SMILES string of the molecule is CC(C)(C)c1ccc(CN2CCN(S(=O)(=O)c3cccc4c3C(=O)c3ccccc3C4=O)CC2)cc1. The number of nitrogens with zero attached hydrogens (tertiary/aromatic N) is 2. The fourth-order valence-corrected chi connectivity index (χ4v) is 6.60. The molecule has 36 heavy (non-hydrogen) atoms. The first-order valence-electron chi connectivity index (χ1n) is 12.2. The largest absolute Gasteiger partial charge is 0.296 e. The van der Waals surface area contributed by atoms with Crippen molar-refractivity contribution < 1.29 is 18.0 Å². The monoisotopic (exact) mass is 502 g/mol. The molecule has 7 heteroatoms. The average Bonchev–Trinajstić information content (AvgIpc) is 2.87. The van der Waals surface area contributed by atoms with E-state index in [0.717, 1.165) is 6.54 Å². The number of carbonyl (C=O) groups is 2. The highest BCUT2D eigenvalue weighted by molar-refractivity contribution is 7.89. The zero-order chi connectivity index (χ0) is 25.7. The number of hydrogen-bond acceptors (Lipinski definition) is 5. The highest BCUT2D eigenvalue weighted by atomic mass is 32.2. The van der Waals surface area contributed by atoms with E-state index in [9.17, 15) is 18.0 Å². The summed E-state index contributed by atoms with van der Waals surface area (Å²) in [6.45, 7) is 9.14. The minimum absolute atomic E-state index is 0.0115. The lowest BCUT2D eigenvalue weighted by Gasteiger charge is -2.34. The van der Waals surface area contributed by atoms with E-state index in [1.54, 1.807) is 30.3 Å². The molecule has 2 aliphatic rings. The summed E-state index contributed by atoms with van der Waals surface area (Å²) in [7, 11) is -3.95. The predicted octanol–water partition coefficient (Wildman–Crippen LogP) is 4.27. The Morgan fingerprint density at radius 2 is 1.31 bits per heavy atom. The van der Waals surface area contributed by atoms with Crippen molar-refractivity contribution in [1.82, 2.24) is 9.21 Å². The third-order valence-corrected chi connectivity index (χ3v) is 9.03. The van der Waals surface area contributed by atoms with Gasteiger partial charge in [0, 0.05) is 49.4 Å². The molecular weight excluding hydrogens is 472 g/mol. The summed E-state index contributed by atoms with van der Waals surface area (Å²) >= 11 is 0. The van der Waals surface area contributed by atoms with Crippen LogP contribution in [0.2, 0.25) is 0 Å². The van der Waals surface area contributed by atoms with Crippen molar-refractivity contribution in [3.05, 3.63) is 100 Å². The van der Waals surface area contributed by atoms with Gasteiger partial charge in [-0.3, -0.25) is 14.5 Å². The molecule has 0 spiro atoms. The number of hydrogen-bond donors (Lipinski definition) is 0. The molecule has 186 valence electrons. The number of rotatable bonds is 4. The van der Waals surface area contributed by atoms with Crippen LogP contribution < -0.4 is 0 Å². The van der Waals surface area contributed by atoms with E-state index in [-0.39, 0.29) is 32.8 Å². The summed E-state index contributed by atoms with van der Waals surface area (Å²) in [6, 6.07) is 19.7. The van der Waals surface area contributed by atoms with Crippen LogP contribution in [0, 0.1) is 0 Å². The first-order chi connectivity index (χ1) is 17.1. The Kier molecular flexibility index (Phi) is 6.19. The molecule has 5 rings (SSSR count). The molecule has 0 N–H and O–H groups in total. The van der Waals surface area contributed by atoms with Gasteiger partial charge in [-0.15, -0.1) is 0 Å². The summed E-state index contributed by atoms with van der Waals surface area (Å²) in [4.78, 5) is 28.5. The van der Waals surface area contributed by atoms with E-state index in [1.165, 1.54) is 27.6 Å². The van der Waals surface area contributed by atoms with Crippen LogP contribution in [0.5, 0.6) is 0 Å². The molecule has 3 aromatic carbocycles. The molecule has 0 atom stereocenters. The second-order valence-electron chi connectivity index (χ2n) is 10.5. The standard InChI is InChI=1S/C29H30N2O4S/c1-29(2,3)21-13-11-20(12-14-21)19-30-15-17-31(18-16-30)36(34,35)25-10-6-9-24-26(25)28(33)23-8-5-4-7-22(23)27(24)32/h4-14H,15-19H2,1-3H3. The number of benzene rings is 3. The van der Waals surface area contributed by atoms with Gasteiger partial charge in [-0.2, -0.15) is 4.31 Å². The lowest BCUT2D eigenvalue weighted by Crippen LogP contribution is -2.48. The van der Waals surface area contributed by atoms with E-state index in [0.29, 0.717) is 31.7 Å².